The van der Waals surface area contributed by atoms with Gasteiger partial charge in [-0.25, -0.2) is 9.37 Å². The van der Waals surface area contributed by atoms with E-state index in [-0.39, 0.29) is 29.8 Å². The molecule has 0 spiro atoms. The van der Waals surface area contributed by atoms with Crippen molar-refractivity contribution in [1.82, 2.24) is 20.2 Å². The number of halogens is 2. The average molecular weight is 479 g/mol. The second-order valence-electron chi connectivity index (χ2n) is 5.99. The first-order chi connectivity index (χ1) is 12.7. The molecule has 5 nitrogen and oxygen atoms in total. The minimum atomic E-state index is -0.231. The highest BCUT2D eigenvalue weighted by Gasteiger charge is 2.08. The highest BCUT2D eigenvalue weighted by atomic mass is 127. The maximum absolute atomic E-state index is 13.0. The van der Waals surface area contributed by atoms with Crippen molar-refractivity contribution in [2.45, 2.75) is 13.1 Å². The molecule has 0 saturated carbocycles. The zero-order chi connectivity index (χ0) is 18.4. The molecule has 0 saturated heterocycles. The topological polar surface area (TPSA) is 56.3 Å². The number of aromatic nitrogens is 2. The quantitative estimate of drug-likeness (QED) is 0.330. The van der Waals surface area contributed by atoms with Gasteiger partial charge in [0.1, 0.15) is 11.6 Å². The van der Waals surface area contributed by atoms with Gasteiger partial charge in [0, 0.05) is 20.6 Å². The Balaban J connectivity index is 0.00000261. The normalized spacial score (nSPS) is 11.0. The van der Waals surface area contributed by atoms with E-state index in [1.165, 1.54) is 12.1 Å². The third-order valence-electron chi connectivity index (χ3n) is 4.03. The monoisotopic (exact) mass is 479 g/mol. The lowest BCUT2D eigenvalue weighted by atomic mass is 10.2. The van der Waals surface area contributed by atoms with E-state index in [1.54, 1.807) is 19.2 Å². The van der Waals surface area contributed by atoms with Crippen LogP contribution >= 0.6 is 24.0 Å². The summed E-state index contributed by atoms with van der Waals surface area (Å²) in [6.45, 7) is 1.17. The number of guanidine groups is 1. The number of aliphatic imine (C=N–C) groups is 1. The molecule has 0 fully saturated rings. The third-order valence-corrected chi connectivity index (χ3v) is 4.03. The van der Waals surface area contributed by atoms with E-state index in [0.717, 1.165) is 28.6 Å². The van der Waals surface area contributed by atoms with Crippen molar-refractivity contribution >= 4 is 29.9 Å². The van der Waals surface area contributed by atoms with Crippen LogP contribution in [0, 0.1) is 5.82 Å². The van der Waals surface area contributed by atoms with Crippen molar-refractivity contribution in [2.75, 3.05) is 14.1 Å². The van der Waals surface area contributed by atoms with Gasteiger partial charge in [0.05, 0.1) is 18.4 Å². The molecule has 0 amide bonds. The molecular formula is C20H23FIN5. The molecule has 142 valence electrons. The molecule has 2 N–H and O–H groups in total. The molecule has 1 aromatic heterocycles. The van der Waals surface area contributed by atoms with Gasteiger partial charge in [-0.1, -0.05) is 42.5 Å². The average Bonchev–Trinajstić information content (AvgIpc) is 3.14. The summed E-state index contributed by atoms with van der Waals surface area (Å²) in [6, 6.07) is 16.6. The number of H-pyrrole nitrogens is 1. The van der Waals surface area contributed by atoms with Gasteiger partial charge in [0.2, 0.25) is 0 Å². The van der Waals surface area contributed by atoms with E-state index in [4.69, 9.17) is 0 Å². The van der Waals surface area contributed by atoms with Crippen LogP contribution in [0.5, 0.6) is 0 Å². The Bertz CT molecular complexity index is 862. The van der Waals surface area contributed by atoms with Gasteiger partial charge in [0.15, 0.2) is 5.96 Å². The summed E-state index contributed by atoms with van der Waals surface area (Å²) in [7, 11) is 3.68. The van der Waals surface area contributed by atoms with Crippen LogP contribution in [0.4, 0.5) is 4.39 Å². The molecule has 0 radical (unpaired) electrons. The lowest BCUT2D eigenvalue weighted by Gasteiger charge is -2.21. The van der Waals surface area contributed by atoms with Crippen LogP contribution in [0.25, 0.3) is 11.3 Å². The Morgan fingerprint density at radius 2 is 1.85 bits per heavy atom. The first-order valence-electron chi connectivity index (χ1n) is 8.41. The van der Waals surface area contributed by atoms with Crippen LogP contribution in [0.2, 0.25) is 0 Å². The second-order valence-corrected chi connectivity index (χ2v) is 5.99. The molecule has 1 heterocycles. The van der Waals surface area contributed by atoms with Crippen LogP contribution in [0.3, 0.4) is 0 Å². The lowest BCUT2D eigenvalue weighted by molar-refractivity contribution is 0.475. The summed E-state index contributed by atoms with van der Waals surface area (Å²) in [4.78, 5) is 14.0. The Morgan fingerprint density at radius 3 is 2.52 bits per heavy atom. The molecule has 0 aliphatic rings. The van der Waals surface area contributed by atoms with Crippen molar-refractivity contribution in [3.8, 4) is 11.3 Å². The minimum Gasteiger partial charge on any atom is -0.349 e. The smallest absolute Gasteiger partial charge is 0.194 e. The van der Waals surface area contributed by atoms with Gasteiger partial charge in [-0.2, -0.15) is 0 Å². The van der Waals surface area contributed by atoms with E-state index < -0.39 is 0 Å². The Morgan fingerprint density at radius 1 is 1.15 bits per heavy atom. The number of nitrogens with one attached hydrogen (secondary N) is 2. The molecule has 0 atom stereocenters. The van der Waals surface area contributed by atoms with Gasteiger partial charge in [-0.15, -0.1) is 24.0 Å². The molecular weight excluding hydrogens is 456 g/mol. The first kappa shape index (κ1) is 20.9. The fraction of sp³-hybridized carbons (Fsp3) is 0.200. The molecule has 27 heavy (non-hydrogen) atoms. The predicted molar refractivity (Wildman–Crippen MR) is 118 cm³/mol. The van der Waals surface area contributed by atoms with Crippen molar-refractivity contribution < 1.29 is 4.39 Å². The summed E-state index contributed by atoms with van der Waals surface area (Å²) < 4.78 is 13.0. The maximum Gasteiger partial charge on any atom is 0.194 e. The van der Waals surface area contributed by atoms with E-state index in [0.29, 0.717) is 13.1 Å². The zero-order valence-electron chi connectivity index (χ0n) is 15.3. The number of aromatic amines is 1. The van der Waals surface area contributed by atoms with Crippen LogP contribution in [0.1, 0.15) is 11.4 Å². The van der Waals surface area contributed by atoms with E-state index in [2.05, 4.69) is 20.3 Å². The highest BCUT2D eigenvalue weighted by Crippen LogP contribution is 2.16. The standard InChI is InChI=1S/C20H22FN5.HI/c1-22-20(26(2)14-15-8-10-17(21)11-9-15)24-13-19-23-12-18(25-19)16-6-4-3-5-7-16;/h3-12H,13-14H2,1-2H3,(H,22,24)(H,23,25);1H. The van der Waals surface area contributed by atoms with Crippen LogP contribution in [-0.2, 0) is 13.1 Å². The van der Waals surface area contributed by atoms with Gasteiger partial charge >= 0.3 is 0 Å². The van der Waals surface area contributed by atoms with Crippen LogP contribution < -0.4 is 5.32 Å². The highest BCUT2D eigenvalue weighted by molar-refractivity contribution is 14.0. The minimum absolute atomic E-state index is 0. The predicted octanol–water partition coefficient (Wildman–Crippen LogP) is 4.04. The van der Waals surface area contributed by atoms with Crippen molar-refractivity contribution in [1.29, 1.82) is 0 Å². The van der Waals surface area contributed by atoms with E-state index >= 15 is 0 Å². The maximum atomic E-state index is 13.0. The largest absolute Gasteiger partial charge is 0.349 e. The fourth-order valence-electron chi connectivity index (χ4n) is 2.70. The molecule has 0 aliphatic heterocycles. The summed E-state index contributed by atoms with van der Waals surface area (Å²) in [6.07, 6.45) is 1.83. The molecule has 2 aromatic carbocycles. The van der Waals surface area contributed by atoms with Gasteiger partial charge in [-0.05, 0) is 23.3 Å². The zero-order valence-corrected chi connectivity index (χ0v) is 17.6. The molecule has 0 unspecified atom stereocenters. The summed E-state index contributed by atoms with van der Waals surface area (Å²) >= 11 is 0. The number of imidazole rings is 1. The van der Waals surface area contributed by atoms with Crippen molar-refractivity contribution in [3.05, 3.63) is 78.0 Å². The second kappa shape index (κ2) is 10.1. The Hall–Kier alpha value is -2.42. The number of rotatable bonds is 5. The summed E-state index contributed by atoms with van der Waals surface area (Å²) in [5.74, 6) is 1.35. The molecule has 3 aromatic rings. The van der Waals surface area contributed by atoms with Gasteiger partial charge < -0.3 is 15.2 Å². The molecule has 0 aliphatic carbocycles. The van der Waals surface area contributed by atoms with Crippen molar-refractivity contribution in [2.24, 2.45) is 4.99 Å². The lowest BCUT2D eigenvalue weighted by Crippen LogP contribution is -2.38. The van der Waals surface area contributed by atoms with Crippen LogP contribution in [-0.4, -0.2) is 34.9 Å². The van der Waals surface area contributed by atoms with Crippen molar-refractivity contribution in [3.63, 3.8) is 0 Å². The first-order valence-corrected chi connectivity index (χ1v) is 8.41. The number of hydrogen-bond acceptors (Lipinski definition) is 2. The van der Waals surface area contributed by atoms with E-state index in [1.807, 2.05) is 48.5 Å². The molecule has 3 rings (SSSR count). The third kappa shape index (κ3) is 5.78. The fourth-order valence-corrected chi connectivity index (χ4v) is 2.70. The Labute approximate surface area is 175 Å². The SMILES string of the molecule is CN=C(NCc1ncc(-c2ccccc2)[nH]1)N(C)Cc1ccc(F)cc1.I. The summed E-state index contributed by atoms with van der Waals surface area (Å²) in [5, 5.41) is 3.29. The van der Waals surface area contributed by atoms with Gasteiger partial charge in [0.25, 0.3) is 0 Å². The number of hydrogen-bond donors (Lipinski definition) is 2. The number of benzene rings is 2. The molecule has 0 bridgehead atoms. The Kier molecular flexibility index (Phi) is 7.78. The number of nitrogens with zero attached hydrogens (tertiary/aromatic N) is 3. The summed E-state index contributed by atoms with van der Waals surface area (Å²) in [5.41, 5.74) is 3.10. The molecule has 7 heteroatoms. The van der Waals surface area contributed by atoms with Crippen LogP contribution in [0.15, 0.2) is 65.8 Å². The van der Waals surface area contributed by atoms with E-state index in [9.17, 15) is 4.39 Å². The van der Waals surface area contributed by atoms with Gasteiger partial charge in [-0.3, -0.25) is 4.99 Å².